The minimum Gasteiger partial charge on any atom is -0.493 e. The maximum atomic E-state index is 13.1. The van der Waals surface area contributed by atoms with E-state index in [9.17, 15) is 14.7 Å². The molecule has 190 valence electrons. The predicted octanol–water partition coefficient (Wildman–Crippen LogP) is 7.01. The van der Waals surface area contributed by atoms with Gasteiger partial charge < -0.3 is 14.6 Å². The van der Waals surface area contributed by atoms with Gasteiger partial charge in [-0.25, -0.2) is 9.79 Å². The van der Waals surface area contributed by atoms with Gasteiger partial charge in [-0.3, -0.25) is 9.69 Å². The van der Waals surface area contributed by atoms with Gasteiger partial charge in [-0.1, -0.05) is 29.8 Å². The number of rotatable bonds is 8. The Labute approximate surface area is 231 Å². The molecule has 10 heteroatoms. The van der Waals surface area contributed by atoms with Gasteiger partial charge in [-0.15, -0.1) is 0 Å². The van der Waals surface area contributed by atoms with Crippen molar-refractivity contribution in [1.29, 1.82) is 0 Å². The van der Waals surface area contributed by atoms with Crippen molar-refractivity contribution in [2.24, 2.45) is 4.99 Å². The molecule has 1 aliphatic rings. The number of halogens is 2. The maximum absolute atomic E-state index is 13.1. The topological polar surface area (TPSA) is 88.4 Å². The molecular formula is C27H22BrClN2O5S. The number of likely N-dealkylation sites (N-methyl/N-ethyl adjacent to an activating group) is 1. The summed E-state index contributed by atoms with van der Waals surface area (Å²) < 4.78 is 12.2. The molecule has 0 unspecified atom stereocenters. The van der Waals surface area contributed by atoms with Gasteiger partial charge in [0.2, 0.25) is 0 Å². The van der Waals surface area contributed by atoms with E-state index in [0.717, 1.165) is 11.1 Å². The first-order valence-corrected chi connectivity index (χ1v) is 13.2. The Morgan fingerprint density at radius 1 is 1.19 bits per heavy atom. The minimum absolute atomic E-state index is 0.130. The van der Waals surface area contributed by atoms with Crippen LogP contribution in [0.25, 0.3) is 6.08 Å². The molecule has 7 nitrogen and oxygen atoms in total. The van der Waals surface area contributed by atoms with Crippen molar-refractivity contribution in [3.05, 3.63) is 91.8 Å². The van der Waals surface area contributed by atoms with E-state index >= 15 is 0 Å². The molecular weight excluding hydrogens is 580 g/mol. The molecule has 4 rings (SSSR count). The number of carboxylic acids is 1. The zero-order valence-electron chi connectivity index (χ0n) is 19.9. The lowest BCUT2D eigenvalue weighted by Gasteiger charge is -2.14. The quantitative estimate of drug-likeness (QED) is 0.279. The van der Waals surface area contributed by atoms with Gasteiger partial charge in [-0.2, -0.15) is 0 Å². The fraction of sp³-hybridized carbons (Fsp3) is 0.148. The Hall–Kier alpha value is -3.27. The lowest BCUT2D eigenvalue weighted by molar-refractivity contribution is -0.122. The van der Waals surface area contributed by atoms with Crippen molar-refractivity contribution in [2.45, 2.75) is 13.5 Å². The average Bonchev–Trinajstić information content (AvgIpc) is 3.17. The Kier molecular flexibility index (Phi) is 8.58. The smallest absolute Gasteiger partial charge is 0.335 e. The first kappa shape index (κ1) is 26.8. The average molecular weight is 602 g/mol. The van der Waals surface area contributed by atoms with Crippen LogP contribution < -0.4 is 9.47 Å². The highest BCUT2D eigenvalue weighted by Crippen LogP contribution is 2.40. The van der Waals surface area contributed by atoms with E-state index in [0.29, 0.717) is 49.9 Å². The predicted molar refractivity (Wildman–Crippen MR) is 150 cm³/mol. The van der Waals surface area contributed by atoms with Crippen LogP contribution in [-0.4, -0.2) is 40.7 Å². The molecule has 0 atom stereocenters. The lowest BCUT2D eigenvalue weighted by Crippen LogP contribution is -2.28. The number of nitrogens with zero attached hydrogens (tertiary/aromatic N) is 2. The van der Waals surface area contributed by atoms with Gasteiger partial charge in [0.25, 0.3) is 5.91 Å². The molecule has 0 aliphatic carbocycles. The summed E-state index contributed by atoms with van der Waals surface area (Å²) in [5.74, 6) is -0.165. The van der Waals surface area contributed by atoms with E-state index in [-0.39, 0.29) is 11.5 Å². The van der Waals surface area contributed by atoms with Crippen LogP contribution in [0.5, 0.6) is 11.5 Å². The molecule has 0 aromatic heterocycles. The third-order valence-electron chi connectivity index (χ3n) is 5.37. The summed E-state index contributed by atoms with van der Waals surface area (Å²) in [6, 6.07) is 17.3. The van der Waals surface area contributed by atoms with E-state index in [4.69, 9.17) is 21.1 Å². The number of amidine groups is 1. The van der Waals surface area contributed by atoms with Gasteiger partial charge in [0.15, 0.2) is 16.7 Å². The summed E-state index contributed by atoms with van der Waals surface area (Å²) in [6.45, 7) is 2.61. The molecule has 37 heavy (non-hydrogen) atoms. The highest BCUT2D eigenvalue weighted by Gasteiger charge is 2.32. The van der Waals surface area contributed by atoms with E-state index in [1.807, 2.05) is 25.1 Å². The van der Waals surface area contributed by atoms with Crippen molar-refractivity contribution in [3.63, 3.8) is 0 Å². The maximum Gasteiger partial charge on any atom is 0.335 e. The van der Waals surface area contributed by atoms with Crippen molar-refractivity contribution < 1.29 is 24.2 Å². The van der Waals surface area contributed by atoms with E-state index in [1.54, 1.807) is 48.4 Å². The van der Waals surface area contributed by atoms with Crippen LogP contribution in [0, 0.1) is 0 Å². The summed E-state index contributed by atoms with van der Waals surface area (Å²) >= 11 is 10.7. The fourth-order valence-electron chi connectivity index (χ4n) is 3.54. The van der Waals surface area contributed by atoms with Crippen LogP contribution in [-0.2, 0) is 11.4 Å². The molecule has 1 fully saturated rings. The van der Waals surface area contributed by atoms with Gasteiger partial charge in [-0.05, 0) is 94.3 Å². The van der Waals surface area contributed by atoms with Crippen LogP contribution in [0.3, 0.4) is 0 Å². The molecule has 1 heterocycles. The zero-order chi connectivity index (χ0) is 26.5. The first-order valence-electron chi connectivity index (χ1n) is 11.2. The third-order valence-corrected chi connectivity index (χ3v) is 7.22. The van der Waals surface area contributed by atoms with Gasteiger partial charge in [0, 0.05) is 11.6 Å². The molecule has 0 saturated carbocycles. The number of thioether (sulfide) groups is 1. The molecule has 1 N–H and O–H groups in total. The summed E-state index contributed by atoms with van der Waals surface area (Å²) in [4.78, 5) is 31.0. The Balaban J connectivity index is 1.59. The molecule has 1 saturated heterocycles. The van der Waals surface area contributed by atoms with Crippen molar-refractivity contribution in [2.75, 3.05) is 13.7 Å². The number of carboxylic acid groups (broad SMARTS) is 1. The van der Waals surface area contributed by atoms with Crippen LogP contribution in [0.2, 0.25) is 5.02 Å². The number of aliphatic imine (C=N–C) groups is 1. The molecule has 1 aliphatic heterocycles. The summed E-state index contributed by atoms with van der Waals surface area (Å²) in [7, 11) is 1.55. The molecule has 3 aromatic rings. The molecule has 0 bridgehead atoms. The Morgan fingerprint density at radius 2 is 1.95 bits per heavy atom. The zero-order valence-corrected chi connectivity index (χ0v) is 23.1. The number of hydrogen-bond donors (Lipinski definition) is 1. The third kappa shape index (κ3) is 6.36. The molecule has 0 spiro atoms. The summed E-state index contributed by atoms with van der Waals surface area (Å²) in [5.41, 5.74) is 2.29. The largest absolute Gasteiger partial charge is 0.493 e. The van der Waals surface area contributed by atoms with Gasteiger partial charge in [0.1, 0.15) is 6.61 Å². The number of carbonyl (C=O) groups is 2. The van der Waals surface area contributed by atoms with Crippen molar-refractivity contribution in [3.8, 4) is 11.5 Å². The first-order chi connectivity index (χ1) is 17.8. The standard InChI is InChI=1S/C27H22BrClN2O5S/c1-3-31-25(32)23(37-27(31)30-20-6-4-5-18(14-20)26(33)34)13-17-11-21(28)24(22(12-17)35-2)36-15-16-7-9-19(29)10-8-16/h4-14H,3,15H2,1-2H3,(H,33,34). The molecule has 0 radical (unpaired) electrons. The second-order valence-electron chi connectivity index (χ2n) is 7.86. The number of aromatic carboxylic acids is 1. The highest BCUT2D eigenvalue weighted by atomic mass is 79.9. The number of amides is 1. The molecule has 3 aromatic carbocycles. The van der Waals surface area contributed by atoms with Crippen LogP contribution >= 0.6 is 39.3 Å². The SMILES string of the molecule is CCN1C(=O)C(=Cc2cc(Br)c(OCc3ccc(Cl)cc3)c(OC)c2)SC1=Nc1cccc(C(=O)O)c1. The number of methoxy groups -OCH3 is 1. The van der Waals surface area contributed by atoms with Gasteiger partial charge >= 0.3 is 5.97 Å². The summed E-state index contributed by atoms with van der Waals surface area (Å²) in [5, 5.41) is 10.4. The van der Waals surface area contributed by atoms with Gasteiger partial charge in [0.05, 0.1) is 27.7 Å². The lowest BCUT2D eigenvalue weighted by atomic mass is 10.1. The van der Waals surface area contributed by atoms with Crippen LogP contribution in [0.4, 0.5) is 5.69 Å². The number of hydrogen-bond acceptors (Lipinski definition) is 6. The minimum atomic E-state index is -1.04. The van der Waals surface area contributed by atoms with E-state index in [1.165, 1.54) is 23.9 Å². The monoisotopic (exact) mass is 600 g/mol. The number of carbonyl (C=O) groups excluding carboxylic acids is 1. The van der Waals surface area contributed by atoms with E-state index < -0.39 is 5.97 Å². The summed E-state index contributed by atoms with van der Waals surface area (Å²) in [6.07, 6.45) is 1.77. The van der Waals surface area contributed by atoms with E-state index in [2.05, 4.69) is 20.9 Å². The van der Waals surface area contributed by atoms with Crippen LogP contribution in [0.1, 0.15) is 28.4 Å². The molecule has 1 amide bonds. The number of benzene rings is 3. The second kappa shape index (κ2) is 11.9. The second-order valence-corrected chi connectivity index (χ2v) is 10.2. The fourth-order valence-corrected chi connectivity index (χ4v) is 5.30. The number of ether oxygens (including phenoxy) is 2. The normalized spacial score (nSPS) is 15.5. The van der Waals surface area contributed by atoms with Crippen molar-refractivity contribution >= 4 is 68.1 Å². The highest BCUT2D eigenvalue weighted by molar-refractivity contribution is 9.10. The Bertz CT molecular complexity index is 1410. The van der Waals surface area contributed by atoms with Crippen molar-refractivity contribution in [1.82, 2.24) is 4.90 Å². The Morgan fingerprint density at radius 3 is 2.62 bits per heavy atom. The van der Waals surface area contributed by atoms with Crippen LogP contribution in [0.15, 0.2) is 75.0 Å².